The number of fused-ring (bicyclic) bond motifs is 1. The number of carbonyl (C=O) groups is 1. The van der Waals surface area contributed by atoms with Crippen molar-refractivity contribution in [3.8, 4) is 0 Å². The van der Waals surface area contributed by atoms with Crippen molar-refractivity contribution in [1.82, 2.24) is 0 Å². The molecule has 29 heavy (non-hydrogen) atoms. The molecule has 0 aromatic heterocycles. The van der Waals surface area contributed by atoms with E-state index in [2.05, 4.69) is 4.90 Å². The quantitative estimate of drug-likeness (QED) is 0.586. The Bertz CT molecular complexity index is 1040. The zero-order valence-electron chi connectivity index (χ0n) is 16.1. The van der Waals surface area contributed by atoms with E-state index in [1.165, 1.54) is 0 Å². The number of rotatable bonds is 3. The topological polar surface area (TPSA) is 41.9 Å². The molecule has 0 N–H and O–H groups in total. The molecule has 0 amide bonds. The Hall–Kier alpha value is -3.11. The minimum absolute atomic E-state index is 0.336. The lowest BCUT2D eigenvalue weighted by Crippen LogP contribution is -2.37. The summed E-state index contributed by atoms with van der Waals surface area (Å²) in [6, 6.07) is 24.8. The van der Waals surface area contributed by atoms with Crippen molar-refractivity contribution in [3.63, 3.8) is 0 Å². The second-order valence-corrected chi connectivity index (χ2v) is 7.43. The maximum absolute atomic E-state index is 12.6. The van der Waals surface area contributed by atoms with Crippen LogP contribution >= 0.6 is 11.6 Å². The molecule has 3 aromatic carbocycles. The van der Waals surface area contributed by atoms with Gasteiger partial charge in [0.05, 0.1) is 24.4 Å². The summed E-state index contributed by atoms with van der Waals surface area (Å²) in [5.41, 5.74) is 4.35. The summed E-state index contributed by atoms with van der Waals surface area (Å²) in [7, 11) is 1.99. The number of aliphatic imine (C=N–C) groups is 1. The minimum atomic E-state index is -0.366. The number of hydrogen-bond acceptors (Lipinski definition) is 4. The molecule has 5 heteroatoms. The second-order valence-electron chi connectivity index (χ2n) is 6.99. The smallest absolute Gasteiger partial charge is 0.338 e. The van der Waals surface area contributed by atoms with Crippen LogP contribution < -0.4 is 4.90 Å². The van der Waals surface area contributed by atoms with E-state index in [9.17, 15) is 4.79 Å². The zero-order valence-corrected chi connectivity index (χ0v) is 16.8. The first-order valence-electron chi connectivity index (χ1n) is 9.49. The highest BCUT2D eigenvalue weighted by Crippen LogP contribution is 2.28. The van der Waals surface area contributed by atoms with Crippen LogP contribution in [0.3, 0.4) is 0 Å². The van der Waals surface area contributed by atoms with E-state index in [0.29, 0.717) is 23.7 Å². The Morgan fingerprint density at radius 2 is 1.72 bits per heavy atom. The van der Waals surface area contributed by atoms with Crippen LogP contribution in [0.4, 0.5) is 5.69 Å². The molecule has 4 nitrogen and oxygen atoms in total. The number of benzene rings is 3. The number of hydrogen-bond donors (Lipinski definition) is 0. The van der Waals surface area contributed by atoms with Gasteiger partial charge in [-0.2, -0.15) is 0 Å². The highest BCUT2D eigenvalue weighted by Gasteiger charge is 2.24. The molecular weight excluding hydrogens is 384 g/mol. The van der Waals surface area contributed by atoms with Crippen LogP contribution in [-0.4, -0.2) is 37.9 Å². The van der Waals surface area contributed by atoms with E-state index in [4.69, 9.17) is 21.3 Å². The number of anilines is 1. The molecule has 3 aromatic rings. The lowest BCUT2D eigenvalue weighted by molar-refractivity contribution is 0.0337. The van der Waals surface area contributed by atoms with E-state index in [1.807, 2.05) is 73.8 Å². The monoisotopic (exact) mass is 404 g/mol. The third-order valence-corrected chi connectivity index (χ3v) is 5.12. The molecule has 0 aliphatic carbocycles. The van der Waals surface area contributed by atoms with Gasteiger partial charge >= 0.3 is 5.97 Å². The number of nitrogens with zero attached hydrogens (tertiary/aromatic N) is 2. The zero-order chi connectivity index (χ0) is 20.2. The van der Waals surface area contributed by atoms with Gasteiger partial charge in [0.25, 0.3) is 0 Å². The Kier molecular flexibility index (Phi) is 5.63. The van der Waals surface area contributed by atoms with Crippen LogP contribution in [0.15, 0.2) is 83.9 Å². The molecule has 0 fully saturated rings. The average molecular weight is 405 g/mol. The van der Waals surface area contributed by atoms with Crippen LogP contribution in [-0.2, 0) is 4.74 Å². The molecule has 1 unspecified atom stereocenters. The number of ether oxygens (including phenoxy) is 1. The standard InChI is InChI=1S/C24H21ClN2O2/c1-27-16-20(29-24(28)18-10-6-3-7-11-18)15-26-23(17-8-4-2-5-9-17)21-14-19(25)12-13-22(21)27/h2-14,20H,15-16H2,1H3/b26-23-. The normalized spacial score (nSPS) is 18.1. The van der Waals surface area contributed by atoms with Crippen molar-refractivity contribution >= 4 is 29.0 Å². The molecule has 0 bridgehead atoms. The molecule has 1 atom stereocenters. The van der Waals surface area contributed by atoms with Gasteiger partial charge in [-0.15, -0.1) is 0 Å². The highest BCUT2D eigenvalue weighted by atomic mass is 35.5. The largest absolute Gasteiger partial charge is 0.455 e. The highest BCUT2D eigenvalue weighted by molar-refractivity contribution is 6.31. The number of likely N-dealkylation sites (N-methyl/N-ethyl adjacent to an activating group) is 1. The van der Waals surface area contributed by atoms with Crippen molar-refractivity contribution in [2.24, 2.45) is 4.99 Å². The molecular formula is C24H21ClN2O2. The first-order chi connectivity index (χ1) is 14.1. The van der Waals surface area contributed by atoms with E-state index in [-0.39, 0.29) is 12.1 Å². The summed E-state index contributed by atoms with van der Waals surface area (Å²) >= 11 is 6.29. The lowest BCUT2D eigenvalue weighted by Gasteiger charge is -2.30. The summed E-state index contributed by atoms with van der Waals surface area (Å²) in [5, 5.41) is 0.661. The number of esters is 1. The van der Waals surface area contributed by atoms with Crippen molar-refractivity contribution < 1.29 is 9.53 Å². The van der Waals surface area contributed by atoms with Gasteiger partial charge in [0, 0.05) is 28.9 Å². The van der Waals surface area contributed by atoms with Gasteiger partial charge in [-0.25, -0.2) is 4.79 Å². The summed E-state index contributed by atoms with van der Waals surface area (Å²) in [5.74, 6) is -0.336. The van der Waals surface area contributed by atoms with Crippen LogP contribution in [0.5, 0.6) is 0 Å². The van der Waals surface area contributed by atoms with Gasteiger partial charge in [-0.05, 0) is 30.3 Å². The Morgan fingerprint density at radius 3 is 2.45 bits per heavy atom. The summed E-state index contributed by atoms with van der Waals surface area (Å²) in [4.78, 5) is 19.5. The fraction of sp³-hybridized carbons (Fsp3) is 0.167. The Labute approximate surface area is 175 Å². The van der Waals surface area contributed by atoms with Gasteiger partial charge in [0.2, 0.25) is 0 Å². The Morgan fingerprint density at radius 1 is 1.03 bits per heavy atom. The minimum Gasteiger partial charge on any atom is -0.455 e. The molecule has 1 aliphatic rings. The van der Waals surface area contributed by atoms with Crippen LogP contribution in [0.2, 0.25) is 5.02 Å². The summed E-state index contributed by atoms with van der Waals surface area (Å²) < 4.78 is 5.79. The third-order valence-electron chi connectivity index (χ3n) is 4.89. The summed E-state index contributed by atoms with van der Waals surface area (Å²) in [6.45, 7) is 0.915. The first-order valence-corrected chi connectivity index (χ1v) is 9.86. The van der Waals surface area contributed by atoms with E-state index < -0.39 is 0 Å². The maximum atomic E-state index is 12.6. The van der Waals surface area contributed by atoms with Gasteiger partial charge in [-0.3, -0.25) is 4.99 Å². The fourth-order valence-electron chi connectivity index (χ4n) is 3.48. The van der Waals surface area contributed by atoms with Gasteiger partial charge in [0.15, 0.2) is 0 Å². The molecule has 0 saturated carbocycles. The van der Waals surface area contributed by atoms with Gasteiger partial charge in [0.1, 0.15) is 6.10 Å². The maximum Gasteiger partial charge on any atom is 0.338 e. The predicted molar refractivity (Wildman–Crippen MR) is 117 cm³/mol. The molecule has 0 saturated heterocycles. The van der Waals surface area contributed by atoms with Crippen molar-refractivity contribution in [2.45, 2.75) is 6.10 Å². The molecule has 4 rings (SSSR count). The van der Waals surface area contributed by atoms with Crippen molar-refractivity contribution in [3.05, 3.63) is 101 Å². The van der Waals surface area contributed by atoms with E-state index >= 15 is 0 Å². The molecule has 1 aliphatic heterocycles. The third kappa shape index (κ3) is 4.33. The summed E-state index contributed by atoms with van der Waals surface area (Å²) in [6.07, 6.45) is -0.366. The lowest BCUT2D eigenvalue weighted by atomic mass is 9.99. The van der Waals surface area contributed by atoms with Crippen molar-refractivity contribution in [2.75, 3.05) is 25.0 Å². The van der Waals surface area contributed by atoms with E-state index in [0.717, 1.165) is 22.5 Å². The van der Waals surface area contributed by atoms with Gasteiger partial charge < -0.3 is 9.64 Å². The molecule has 0 spiro atoms. The van der Waals surface area contributed by atoms with E-state index in [1.54, 1.807) is 12.1 Å². The Balaban J connectivity index is 1.69. The SMILES string of the molecule is CN1CC(OC(=O)c2ccccc2)C/N=C(/c2ccccc2)c2cc(Cl)ccc21. The van der Waals surface area contributed by atoms with Crippen LogP contribution in [0.1, 0.15) is 21.5 Å². The van der Waals surface area contributed by atoms with Crippen molar-refractivity contribution in [1.29, 1.82) is 0 Å². The fourth-order valence-corrected chi connectivity index (χ4v) is 3.65. The van der Waals surface area contributed by atoms with Crippen LogP contribution in [0, 0.1) is 0 Å². The molecule has 146 valence electrons. The molecule has 1 heterocycles. The second kappa shape index (κ2) is 8.50. The van der Waals surface area contributed by atoms with Crippen LogP contribution in [0.25, 0.3) is 0 Å². The number of halogens is 1. The average Bonchev–Trinajstić information content (AvgIpc) is 2.74. The van der Waals surface area contributed by atoms with Gasteiger partial charge in [-0.1, -0.05) is 60.1 Å². The molecule has 0 radical (unpaired) electrons. The first kappa shape index (κ1) is 19.2. The number of carbonyl (C=O) groups excluding carboxylic acids is 1. The predicted octanol–water partition coefficient (Wildman–Crippen LogP) is 4.85.